The Morgan fingerprint density at radius 1 is 1.29 bits per heavy atom. The molecule has 1 atom stereocenters. The third kappa shape index (κ3) is 5.30. The molecule has 0 radical (unpaired) electrons. The van der Waals surface area contributed by atoms with Crippen LogP contribution in [0.1, 0.15) is 18.9 Å². The molecule has 0 amide bonds. The number of rotatable bonds is 7. The second-order valence-corrected chi connectivity index (χ2v) is 5.93. The van der Waals surface area contributed by atoms with Crippen molar-refractivity contribution in [2.75, 3.05) is 12.3 Å². The van der Waals surface area contributed by atoms with Gasteiger partial charge in [-0.25, -0.2) is 13.1 Å². The van der Waals surface area contributed by atoms with Gasteiger partial charge >= 0.3 is 0 Å². The number of hydrogen-bond acceptors (Lipinski definition) is 3. The van der Waals surface area contributed by atoms with E-state index in [-0.39, 0.29) is 11.8 Å². The van der Waals surface area contributed by atoms with Gasteiger partial charge in [-0.15, -0.1) is 0 Å². The second kappa shape index (κ2) is 6.74. The van der Waals surface area contributed by atoms with Gasteiger partial charge in [0, 0.05) is 12.6 Å². The molecule has 0 saturated heterocycles. The summed E-state index contributed by atoms with van der Waals surface area (Å²) < 4.78 is 25.9. The standard InChI is InChI=1S/C12H20N2O2S/c1-2-8-17(15,16)14-12(10-13)9-11-6-4-3-5-7-11/h3-7,12,14H,2,8-10,13H2,1H3. The molecule has 1 aromatic carbocycles. The molecule has 0 aromatic heterocycles. The van der Waals surface area contributed by atoms with Gasteiger partial charge in [-0.1, -0.05) is 37.3 Å². The third-order valence-electron chi connectivity index (χ3n) is 2.43. The molecule has 0 aliphatic rings. The van der Waals surface area contributed by atoms with Gasteiger partial charge in [-0.3, -0.25) is 0 Å². The highest BCUT2D eigenvalue weighted by Gasteiger charge is 2.15. The maximum Gasteiger partial charge on any atom is 0.211 e. The summed E-state index contributed by atoms with van der Waals surface area (Å²) in [5.74, 6) is 0.151. The van der Waals surface area contributed by atoms with Crippen molar-refractivity contribution in [2.24, 2.45) is 5.73 Å². The number of sulfonamides is 1. The fraction of sp³-hybridized carbons (Fsp3) is 0.500. The van der Waals surface area contributed by atoms with Crippen LogP contribution in [0.25, 0.3) is 0 Å². The highest BCUT2D eigenvalue weighted by molar-refractivity contribution is 7.89. The molecule has 0 bridgehead atoms. The summed E-state index contributed by atoms with van der Waals surface area (Å²) in [5.41, 5.74) is 6.68. The smallest absolute Gasteiger partial charge is 0.211 e. The summed E-state index contributed by atoms with van der Waals surface area (Å²) in [7, 11) is -3.19. The molecule has 0 saturated carbocycles. The zero-order valence-corrected chi connectivity index (χ0v) is 10.9. The quantitative estimate of drug-likeness (QED) is 0.761. The molecule has 0 aliphatic heterocycles. The van der Waals surface area contributed by atoms with Gasteiger partial charge in [0.05, 0.1) is 5.75 Å². The minimum absolute atomic E-state index is 0.151. The lowest BCUT2D eigenvalue weighted by atomic mass is 10.1. The summed E-state index contributed by atoms with van der Waals surface area (Å²) >= 11 is 0. The Morgan fingerprint density at radius 2 is 1.94 bits per heavy atom. The van der Waals surface area contributed by atoms with Crippen molar-refractivity contribution >= 4 is 10.0 Å². The molecule has 4 nitrogen and oxygen atoms in total. The predicted octanol–water partition coefficient (Wildman–Crippen LogP) is 0.886. The lowest BCUT2D eigenvalue weighted by Gasteiger charge is -2.16. The van der Waals surface area contributed by atoms with Gasteiger partial charge in [-0.2, -0.15) is 0 Å². The zero-order valence-electron chi connectivity index (χ0n) is 10.1. The van der Waals surface area contributed by atoms with Crippen LogP contribution in [0.2, 0.25) is 0 Å². The van der Waals surface area contributed by atoms with Crippen molar-refractivity contribution in [3.8, 4) is 0 Å². The molecule has 1 rings (SSSR count). The molecule has 3 N–H and O–H groups in total. The van der Waals surface area contributed by atoms with E-state index < -0.39 is 10.0 Å². The van der Waals surface area contributed by atoms with E-state index >= 15 is 0 Å². The van der Waals surface area contributed by atoms with Crippen LogP contribution >= 0.6 is 0 Å². The second-order valence-electron chi connectivity index (χ2n) is 4.06. The van der Waals surface area contributed by atoms with Crippen LogP contribution in [-0.2, 0) is 16.4 Å². The van der Waals surface area contributed by atoms with Crippen LogP contribution < -0.4 is 10.5 Å². The minimum Gasteiger partial charge on any atom is -0.329 e. The minimum atomic E-state index is -3.19. The molecule has 0 heterocycles. The summed E-state index contributed by atoms with van der Waals surface area (Å²) in [6.45, 7) is 2.14. The van der Waals surface area contributed by atoms with E-state index in [1.807, 2.05) is 37.3 Å². The fourth-order valence-electron chi connectivity index (χ4n) is 1.65. The van der Waals surface area contributed by atoms with Gasteiger partial charge < -0.3 is 5.73 Å². The van der Waals surface area contributed by atoms with Crippen LogP contribution in [0, 0.1) is 0 Å². The van der Waals surface area contributed by atoms with Gasteiger partial charge in [0.1, 0.15) is 0 Å². The Hall–Kier alpha value is -0.910. The van der Waals surface area contributed by atoms with E-state index in [1.54, 1.807) is 0 Å². The number of benzene rings is 1. The van der Waals surface area contributed by atoms with E-state index in [4.69, 9.17) is 5.73 Å². The van der Waals surface area contributed by atoms with E-state index in [2.05, 4.69) is 4.72 Å². The maximum atomic E-state index is 11.6. The average molecular weight is 256 g/mol. The first-order valence-corrected chi connectivity index (χ1v) is 7.46. The van der Waals surface area contributed by atoms with E-state index in [9.17, 15) is 8.42 Å². The summed E-state index contributed by atoms with van der Waals surface area (Å²) in [4.78, 5) is 0. The Morgan fingerprint density at radius 3 is 2.47 bits per heavy atom. The maximum absolute atomic E-state index is 11.6. The molecule has 5 heteroatoms. The van der Waals surface area contributed by atoms with Crippen LogP contribution in [0.5, 0.6) is 0 Å². The van der Waals surface area contributed by atoms with Crippen molar-refractivity contribution < 1.29 is 8.42 Å². The lowest BCUT2D eigenvalue weighted by Crippen LogP contribution is -2.42. The summed E-state index contributed by atoms with van der Waals surface area (Å²) in [6, 6.07) is 9.51. The van der Waals surface area contributed by atoms with Crippen molar-refractivity contribution in [3.05, 3.63) is 35.9 Å². The zero-order chi connectivity index (χ0) is 12.7. The Bertz CT molecular complexity index is 417. The first kappa shape index (κ1) is 14.2. The Labute approximate surface area is 103 Å². The predicted molar refractivity (Wildman–Crippen MR) is 70.2 cm³/mol. The van der Waals surface area contributed by atoms with Gasteiger partial charge in [0.25, 0.3) is 0 Å². The molecule has 96 valence electrons. The SMILES string of the molecule is CCCS(=O)(=O)NC(CN)Cc1ccccc1. The van der Waals surface area contributed by atoms with Crippen LogP contribution in [0.3, 0.4) is 0 Å². The third-order valence-corrected chi connectivity index (χ3v) is 4.07. The first-order valence-electron chi connectivity index (χ1n) is 5.81. The largest absolute Gasteiger partial charge is 0.329 e. The van der Waals surface area contributed by atoms with Crippen molar-refractivity contribution in [1.29, 1.82) is 0 Å². The molecular formula is C12H20N2O2S. The highest BCUT2D eigenvalue weighted by atomic mass is 32.2. The molecule has 0 spiro atoms. The number of hydrogen-bond donors (Lipinski definition) is 2. The monoisotopic (exact) mass is 256 g/mol. The summed E-state index contributed by atoms with van der Waals surface area (Å²) in [6.07, 6.45) is 1.23. The normalized spacial score (nSPS) is 13.5. The molecule has 17 heavy (non-hydrogen) atoms. The molecule has 1 unspecified atom stereocenters. The summed E-state index contributed by atoms with van der Waals surface area (Å²) in [5, 5.41) is 0. The van der Waals surface area contributed by atoms with Crippen molar-refractivity contribution in [1.82, 2.24) is 4.72 Å². The highest BCUT2D eigenvalue weighted by Crippen LogP contribution is 2.04. The lowest BCUT2D eigenvalue weighted by molar-refractivity contribution is 0.547. The molecule has 1 aromatic rings. The van der Waals surface area contributed by atoms with Gasteiger partial charge in [-0.05, 0) is 18.4 Å². The van der Waals surface area contributed by atoms with Crippen molar-refractivity contribution in [3.63, 3.8) is 0 Å². The first-order chi connectivity index (χ1) is 8.07. The van der Waals surface area contributed by atoms with E-state index in [1.165, 1.54) is 0 Å². The van der Waals surface area contributed by atoms with Crippen LogP contribution in [-0.4, -0.2) is 26.8 Å². The average Bonchev–Trinajstić information content (AvgIpc) is 2.29. The molecular weight excluding hydrogens is 236 g/mol. The number of nitrogens with one attached hydrogen (secondary N) is 1. The number of nitrogens with two attached hydrogens (primary N) is 1. The topological polar surface area (TPSA) is 72.2 Å². The van der Waals surface area contributed by atoms with E-state index in [0.717, 1.165) is 5.56 Å². The van der Waals surface area contributed by atoms with Crippen LogP contribution in [0.4, 0.5) is 0 Å². The van der Waals surface area contributed by atoms with E-state index in [0.29, 0.717) is 19.4 Å². The Kier molecular flexibility index (Phi) is 5.61. The van der Waals surface area contributed by atoms with Gasteiger partial charge in [0.2, 0.25) is 10.0 Å². The van der Waals surface area contributed by atoms with Crippen LogP contribution in [0.15, 0.2) is 30.3 Å². The fourth-order valence-corrected chi connectivity index (χ4v) is 3.00. The van der Waals surface area contributed by atoms with Gasteiger partial charge in [0.15, 0.2) is 0 Å². The molecule has 0 aliphatic carbocycles. The van der Waals surface area contributed by atoms with Crippen molar-refractivity contribution in [2.45, 2.75) is 25.8 Å². The molecule has 0 fully saturated rings. The Balaban J connectivity index is 2.61.